The van der Waals surface area contributed by atoms with Crippen molar-refractivity contribution in [1.29, 1.82) is 0 Å². The maximum absolute atomic E-state index is 12.5. The lowest BCUT2D eigenvalue weighted by Crippen LogP contribution is -2.41. The number of rotatable bonds is 4. The molecule has 0 unspecified atom stereocenters. The van der Waals surface area contributed by atoms with Crippen molar-refractivity contribution in [3.8, 4) is 0 Å². The van der Waals surface area contributed by atoms with Gasteiger partial charge in [0.15, 0.2) is 0 Å². The van der Waals surface area contributed by atoms with Crippen LogP contribution in [0.4, 0.5) is 5.69 Å². The molecule has 120 valence electrons. The van der Waals surface area contributed by atoms with Crippen molar-refractivity contribution in [2.75, 3.05) is 18.4 Å². The van der Waals surface area contributed by atoms with Gasteiger partial charge in [0.1, 0.15) is 0 Å². The summed E-state index contributed by atoms with van der Waals surface area (Å²) in [6, 6.07) is 5.80. The van der Waals surface area contributed by atoms with E-state index >= 15 is 0 Å². The number of nitrogens with zero attached hydrogens (tertiary/aromatic N) is 1. The summed E-state index contributed by atoms with van der Waals surface area (Å²) < 4.78 is 0. The molecule has 1 aliphatic heterocycles. The first kappa shape index (κ1) is 16.5. The van der Waals surface area contributed by atoms with Crippen LogP contribution in [0.25, 0.3) is 0 Å². The number of primary amides is 1. The Kier molecular flexibility index (Phi) is 5.19. The molecule has 1 aliphatic rings. The van der Waals surface area contributed by atoms with Crippen LogP contribution in [0.1, 0.15) is 42.6 Å². The van der Waals surface area contributed by atoms with Crippen molar-refractivity contribution in [2.45, 2.75) is 39.7 Å². The van der Waals surface area contributed by atoms with Crippen molar-refractivity contribution in [3.05, 3.63) is 29.3 Å². The molecule has 2 rings (SSSR count). The average Bonchev–Trinajstić information content (AvgIpc) is 2.49. The Morgan fingerprint density at radius 2 is 1.91 bits per heavy atom. The highest BCUT2D eigenvalue weighted by Crippen LogP contribution is 2.24. The van der Waals surface area contributed by atoms with E-state index in [0.29, 0.717) is 17.3 Å². The zero-order valence-corrected chi connectivity index (χ0v) is 13.6. The van der Waals surface area contributed by atoms with Gasteiger partial charge in [-0.3, -0.25) is 9.59 Å². The molecule has 0 aromatic heterocycles. The number of hydrogen-bond acceptors (Lipinski definition) is 3. The number of nitrogens with one attached hydrogen (secondary N) is 1. The molecule has 1 fully saturated rings. The number of carbonyl (C=O) groups is 2. The number of amides is 2. The van der Waals surface area contributed by atoms with Crippen LogP contribution in [0, 0.1) is 12.8 Å². The van der Waals surface area contributed by atoms with Gasteiger partial charge in [-0.1, -0.05) is 12.1 Å². The van der Waals surface area contributed by atoms with Gasteiger partial charge >= 0.3 is 0 Å². The normalized spacial score (nSPS) is 16.7. The van der Waals surface area contributed by atoms with E-state index in [2.05, 4.69) is 24.1 Å². The highest BCUT2D eigenvalue weighted by molar-refractivity contribution is 6.04. The summed E-state index contributed by atoms with van der Waals surface area (Å²) in [6.45, 7) is 8.08. The Bertz CT molecular complexity index is 561. The van der Waals surface area contributed by atoms with E-state index in [-0.39, 0.29) is 11.8 Å². The van der Waals surface area contributed by atoms with Gasteiger partial charge < -0.3 is 16.0 Å². The Hall–Kier alpha value is -1.88. The fourth-order valence-electron chi connectivity index (χ4n) is 2.94. The van der Waals surface area contributed by atoms with E-state index in [0.717, 1.165) is 31.5 Å². The second kappa shape index (κ2) is 6.92. The van der Waals surface area contributed by atoms with Gasteiger partial charge in [-0.15, -0.1) is 0 Å². The van der Waals surface area contributed by atoms with Crippen molar-refractivity contribution in [2.24, 2.45) is 11.7 Å². The quantitative estimate of drug-likeness (QED) is 0.895. The second-order valence-electron chi connectivity index (χ2n) is 6.25. The topological polar surface area (TPSA) is 75.4 Å². The maximum Gasteiger partial charge on any atom is 0.250 e. The standard InChI is InChI=1S/C17H25N3O2/c1-11(2)20-9-7-13(8-10-20)17(22)19-15-12(3)5-4-6-14(15)16(18)21/h4-6,11,13H,7-10H2,1-3H3,(H2,18,21)(H,19,22). The number of anilines is 1. The Labute approximate surface area is 131 Å². The fraction of sp³-hybridized carbons (Fsp3) is 0.529. The zero-order chi connectivity index (χ0) is 16.3. The third-order valence-electron chi connectivity index (χ3n) is 4.42. The van der Waals surface area contributed by atoms with Gasteiger partial charge in [0.25, 0.3) is 5.91 Å². The molecule has 0 radical (unpaired) electrons. The molecule has 0 spiro atoms. The first-order chi connectivity index (χ1) is 10.4. The smallest absolute Gasteiger partial charge is 0.250 e. The molecule has 0 aliphatic carbocycles. The van der Waals surface area contributed by atoms with Gasteiger partial charge in [0.05, 0.1) is 11.3 Å². The number of hydrogen-bond donors (Lipinski definition) is 2. The van der Waals surface area contributed by atoms with Crippen LogP contribution in [0.5, 0.6) is 0 Å². The predicted molar refractivity (Wildman–Crippen MR) is 87.8 cm³/mol. The van der Waals surface area contributed by atoms with Crippen LogP contribution in [-0.4, -0.2) is 35.8 Å². The molecule has 1 saturated heterocycles. The largest absolute Gasteiger partial charge is 0.366 e. The van der Waals surface area contributed by atoms with Crippen LogP contribution < -0.4 is 11.1 Å². The zero-order valence-electron chi connectivity index (χ0n) is 13.6. The molecule has 5 heteroatoms. The number of piperidine rings is 1. The van der Waals surface area contributed by atoms with Crippen LogP contribution in [0.15, 0.2) is 18.2 Å². The van der Waals surface area contributed by atoms with Gasteiger partial charge in [0, 0.05) is 12.0 Å². The first-order valence-electron chi connectivity index (χ1n) is 7.84. The molecule has 3 N–H and O–H groups in total. The number of benzene rings is 1. The third kappa shape index (κ3) is 3.65. The average molecular weight is 303 g/mol. The number of para-hydroxylation sites is 1. The SMILES string of the molecule is Cc1cccc(C(N)=O)c1NC(=O)C1CCN(C(C)C)CC1. The molecule has 0 atom stereocenters. The summed E-state index contributed by atoms with van der Waals surface area (Å²) in [5.74, 6) is -0.538. The summed E-state index contributed by atoms with van der Waals surface area (Å²) in [5.41, 5.74) is 7.16. The van der Waals surface area contributed by atoms with Gasteiger partial charge in [0.2, 0.25) is 5.91 Å². The molecule has 22 heavy (non-hydrogen) atoms. The molecular weight excluding hydrogens is 278 g/mol. The van der Waals surface area contributed by atoms with E-state index in [1.807, 2.05) is 13.0 Å². The molecule has 1 aromatic rings. The number of aryl methyl sites for hydroxylation is 1. The lowest BCUT2D eigenvalue weighted by atomic mass is 9.94. The molecule has 0 bridgehead atoms. The van der Waals surface area contributed by atoms with Gasteiger partial charge in [-0.25, -0.2) is 0 Å². The van der Waals surface area contributed by atoms with Gasteiger partial charge in [-0.2, -0.15) is 0 Å². The Balaban J connectivity index is 2.06. The molecule has 5 nitrogen and oxygen atoms in total. The summed E-state index contributed by atoms with van der Waals surface area (Å²) in [5, 5.41) is 2.92. The summed E-state index contributed by atoms with van der Waals surface area (Å²) in [6.07, 6.45) is 1.70. The highest BCUT2D eigenvalue weighted by Gasteiger charge is 2.27. The third-order valence-corrected chi connectivity index (χ3v) is 4.42. The lowest BCUT2D eigenvalue weighted by molar-refractivity contribution is -0.121. The van der Waals surface area contributed by atoms with E-state index in [4.69, 9.17) is 5.73 Å². The minimum atomic E-state index is -0.520. The number of nitrogens with two attached hydrogens (primary N) is 1. The van der Waals surface area contributed by atoms with Crippen LogP contribution in [0.2, 0.25) is 0 Å². The van der Waals surface area contributed by atoms with E-state index in [1.165, 1.54) is 0 Å². The van der Waals surface area contributed by atoms with E-state index in [1.54, 1.807) is 12.1 Å². The van der Waals surface area contributed by atoms with E-state index < -0.39 is 5.91 Å². The maximum atomic E-state index is 12.5. The van der Waals surface area contributed by atoms with Gasteiger partial charge in [-0.05, 0) is 58.3 Å². The molecule has 1 aromatic carbocycles. The number of likely N-dealkylation sites (tertiary alicyclic amines) is 1. The summed E-state index contributed by atoms with van der Waals surface area (Å²) >= 11 is 0. The lowest BCUT2D eigenvalue weighted by Gasteiger charge is -2.34. The second-order valence-corrected chi connectivity index (χ2v) is 6.25. The summed E-state index contributed by atoms with van der Waals surface area (Å²) in [7, 11) is 0. The van der Waals surface area contributed by atoms with Crippen molar-refractivity contribution < 1.29 is 9.59 Å². The molecule has 1 heterocycles. The summed E-state index contributed by atoms with van der Waals surface area (Å²) in [4.78, 5) is 26.4. The van der Waals surface area contributed by atoms with Crippen LogP contribution in [-0.2, 0) is 4.79 Å². The molecule has 0 saturated carbocycles. The van der Waals surface area contributed by atoms with Crippen molar-refractivity contribution in [1.82, 2.24) is 4.90 Å². The highest BCUT2D eigenvalue weighted by atomic mass is 16.2. The Morgan fingerprint density at radius 3 is 2.45 bits per heavy atom. The Morgan fingerprint density at radius 1 is 1.27 bits per heavy atom. The monoisotopic (exact) mass is 303 g/mol. The fourth-order valence-corrected chi connectivity index (χ4v) is 2.94. The molecule has 2 amide bonds. The van der Waals surface area contributed by atoms with Crippen molar-refractivity contribution in [3.63, 3.8) is 0 Å². The minimum Gasteiger partial charge on any atom is -0.366 e. The van der Waals surface area contributed by atoms with Crippen LogP contribution in [0.3, 0.4) is 0 Å². The van der Waals surface area contributed by atoms with E-state index in [9.17, 15) is 9.59 Å². The minimum absolute atomic E-state index is 0.00432. The molecular formula is C17H25N3O2. The number of carbonyl (C=O) groups excluding carboxylic acids is 2. The first-order valence-corrected chi connectivity index (χ1v) is 7.84. The van der Waals surface area contributed by atoms with Crippen molar-refractivity contribution >= 4 is 17.5 Å². The predicted octanol–water partition coefficient (Wildman–Crippen LogP) is 2.15. The van der Waals surface area contributed by atoms with Crippen LogP contribution >= 0.6 is 0 Å².